The molecule has 3 heterocycles. The van der Waals surface area contributed by atoms with E-state index in [9.17, 15) is 0 Å². The van der Waals surface area contributed by atoms with Gasteiger partial charge in [0.25, 0.3) is 0 Å². The van der Waals surface area contributed by atoms with Crippen LogP contribution in [0.25, 0.3) is 0 Å². The van der Waals surface area contributed by atoms with Crippen LogP contribution in [0.5, 0.6) is 0 Å². The topological polar surface area (TPSA) is 48.7 Å². The van der Waals surface area contributed by atoms with Crippen molar-refractivity contribution in [3.8, 4) is 0 Å². The third-order valence-corrected chi connectivity index (χ3v) is 6.72. The van der Waals surface area contributed by atoms with E-state index in [1.165, 1.54) is 38.5 Å². The molecule has 0 bridgehead atoms. The number of nitrogens with zero attached hydrogens (tertiary/aromatic N) is 8. The second-order valence-electron chi connectivity index (χ2n) is 9.55. The van der Waals surface area contributed by atoms with Gasteiger partial charge in [-0.05, 0) is 44.2 Å². The predicted octanol–water partition coefficient (Wildman–Crippen LogP) is 4.18. The molecule has 0 spiro atoms. The minimum Gasteiger partial charge on any atom is -0.355 e. The molecule has 0 aliphatic carbocycles. The van der Waals surface area contributed by atoms with E-state index in [0.29, 0.717) is 0 Å². The quantitative estimate of drug-likeness (QED) is 0.139. The minimum absolute atomic E-state index is 0.173. The fourth-order valence-corrected chi connectivity index (χ4v) is 4.52. The lowest BCUT2D eigenvalue weighted by molar-refractivity contribution is -0.696. The summed E-state index contributed by atoms with van der Waals surface area (Å²) >= 11 is 0. The second kappa shape index (κ2) is 13.5. The average molecular weight is 490 g/mol. The Bertz CT molecular complexity index is 1060. The van der Waals surface area contributed by atoms with Gasteiger partial charge >= 0.3 is 0 Å². The first-order valence-corrected chi connectivity index (χ1v) is 13.2. The van der Waals surface area contributed by atoms with Crippen LogP contribution in [0.2, 0.25) is 0 Å². The summed E-state index contributed by atoms with van der Waals surface area (Å²) in [6.45, 7) is 4.26. The van der Waals surface area contributed by atoms with Gasteiger partial charge in [-0.15, -0.1) is 0 Å². The number of imidazole rings is 2. The van der Waals surface area contributed by atoms with E-state index in [1.807, 2.05) is 55.2 Å². The molecule has 1 aliphatic rings. The van der Waals surface area contributed by atoms with Gasteiger partial charge in [0.2, 0.25) is 6.33 Å². The fourth-order valence-electron chi connectivity index (χ4n) is 4.52. The first kappa shape index (κ1) is 25.5. The summed E-state index contributed by atoms with van der Waals surface area (Å²) in [6.07, 6.45) is 26.2. The molecule has 2 aromatic heterocycles. The van der Waals surface area contributed by atoms with E-state index >= 15 is 0 Å². The van der Waals surface area contributed by atoms with E-state index < -0.39 is 0 Å². The molecule has 1 aromatic carbocycles. The van der Waals surface area contributed by atoms with Gasteiger partial charge in [-0.1, -0.05) is 24.6 Å². The van der Waals surface area contributed by atoms with E-state index in [1.54, 1.807) is 0 Å². The molecule has 3 aromatic rings. The molecule has 0 saturated heterocycles. The van der Waals surface area contributed by atoms with Gasteiger partial charge in [-0.3, -0.25) is 5.01 Å². The van der Waals surface area contributed by atoms with Crippen LogP contribution in [0.15, 0.2) is 85.3 Å². The van der Waals surface area contributed by atoms with Crippen molar-refractivity contribution in [1.82, 2.24) is 23.9 Å². The maximum Gasteiger partial charge on any atom is 0.243 e. The van der Waals surface area contributed by atoms with Crippen molar-refractivity contribution in [2.45, 2.75) is 64.3 Å². The summed E-state index contributed by atoms with van der Waals surface area (Å²) in [5.74, 6) is 0. The van der Waals surface area contributed by atoms with Gasteiger partial charge in [-0.2, -0.15) is 5.10 Å². The van der Waals surface area contributed by atoms with Crippen LogP contribution >= 0.6 is 0 Å². The van der Waals surface area contributed by atoms with E-state index in [0.717, 1.165) is 31.9 Å². The van der Waals surface area contributed by atoms with Gasteiger partial charge in [0, 0.05) is 52.0 Å². The number of hydrogen-bond donors (Lipinski definition) is 0. The first-order chi connectivity index (χ1) is 17.7. The second-order valence-corrected chi connectivity index (χ2v) is 9.55. The number of benzene rings is 1. The Balaban J connectivity index is 1.09. The van der Waals surface area contributed by atoms with Gasteiger partial charge in [-0.25, -0.2) is 14.1 Å². The molecule has 1 unspecified atom stereocenters. The van der Waals surface area contributed by atoms with E-state index in [4.69, 9.17) is 0 Å². The predicted molar refractivity (Wildman–Crippen MR) is 145 cm³/mol. The molecule has 0 fully saturated rings. The van der Waals surface area contributed by atoms with Crippen molar-refractivity contribution >= 4 is 11.9 Å². The summed E-state index contributed by atoms with van der Waals surface area (Å²) in [5.41, 5.74) is 1.09. The zero-order valence-electron chi connectivity index (χ0n) is 21.8. The zero-order chi connectivity index (χ0) is 25.0. The van der Waals surface area contributed by atoms with E-state index in [2.05, 4.69) is 83.9 Å². The number of aromatic nitrogens is 4. The normalized spacial score (nSPS) is 15.4. The Morgan fingerprint density at radius 3 is 2.53 bits per heavy atom. The Kier molecular flexibility index (Phi) is 9.59. The van der Waals surface area contributed by atoms with Crippen molar-refractivity contribution in [2.75, 3.05) is 25.6 Å². The van der Waals surface area contributed by atoms with E-state index in [-0.39, 0.29) is 6.17 Å². The Hall–Kier alpha value is -3.55. The molecule has 1 aliphatic heterocycles. The van der Waals surface area contributed by atoms with Crippen LogP contribution in [-0.4, -0.2) is 56.9 Å². The van der Waals surface area contributed by atoms with Crippen molar-refractivity contribution in [1.29, 1.82) is 0 Å². The lowest BCUT2D eigenvalue weighted by atomic mass is 10.2. The van der Waals surface area contributed by atoms with Crippen LogP contribution in [0.3, 0.4) is 0 Å². The Morgan fingerprint density at radius 2 is 1.72 bits per heavy atom. The van der Waals surface area contributed by atoms with Gasteiger partial charge in [0.1, 0.15) is 18.6 Å². The summed E-state index contributed by atoms with van der Waals surface area (Å²) in [7, 11) is 4.10. The number of para-hydroxylation sites is 1. The Labute approximate surface area is 215 Å². The standard InChI is InChI=1S/C28H41N8/c1-31-20-23-36(28(31)24-30-32(2)27-12-6-5-7-13-27)18-9-4-3-8-16-34-21-22-35(26-34)17-11-10-15-33-19-14-29-25-33/h5-7,12-14,19-26,28H,3-4,8-11,15-18H2,1-2H3/q+1/b30-24+. The largest absolute Gasteiger partial charge is 0.355 e. The van der Waals surface area contributed by atoms with Gasteiger partial charge in [0.05, 0.1) is 31.3 Å². The highest BCUT2D eigenvalue weighted by atomic mass is 15.5. The molecular formula is C28H41N8+. The molecule has 4 rings (SSSR count). The monoisotopic (exact) mass is 489 g/mol. The minimum atomic E-state index is 0.173. The molecule has 1 atom stereocenters. The van der Waals surface area contributed by atoms with Gasteiger partial charge in [0.15, 0.2) is 0 Å². The first-order valence-electron chi connectivity index (χ1n) is 13.2. The van der Waals surface area contributed by atoms with Gasteiger partial charge < -0.3 is 14.4 Å². The van der Waals surface area contributed by atoms with Crippen molar-refractivity contribution in [3.63, 3.8) is 0 Å². The lowest BCUT2D eigenvalue weighted by Crippen LogP contribution is -2.39. The van der Waals surface area contributed by atoms with Crippen LogP contribution in [0, 0.1) is 0 Å². The Morgan fingerprint density at radius 1 is 0.944 bits per heavy atom. The summed E-state index contributed by atoms with van der Waals surface area (Å²) in [4.78, 5) is 8.69. The number of aryl methyl sites for hydroxylation is 3. The highest BCUT2D eigenvalue weighted by Gasteiger charge is 2.21. The van der Waals surface area contributed by atoms with Crippen LogP contribution in [-0.2, 0) is 19.6 Å². The van der Waals surface area contributed by atoms with Crippen molar-refractivity contribution < 1.29 is 4.57 Å². The number of hydrogen-bond acceptors (Lipinski definition) is 5. The van der Waals surface area contributed by atoms with Crippen LogP contribution in [0.1, 0.15) is 38.5 Å². The maximum absolute atomic E-state index is 4.68. The number of rotatable bonds is 15. The molecular weight excluding hydrogens is 448 g/mol. The summed E-state index contributed by atoms with van der Waals surface area (Å²) in [6, 6.07) is 10.2. The molecule has 0 saturated carbocycles. The molecule has 192 valence electrons. The van der Waals surface area contributed by atoms with Crippen LogP contribution < -0.4 is 9.58 Å². The molecule has 8 nitrogen and oxygen atoms in total. The SMILES string of the molecule is CN(/N=C/C1N(C)C=CN1CCCCCCn1cc[n+](CCCCn2ccnc2)c1)c1ccccc1. The molecule has 36 heavy (non-hydrogen) atoms. The molecule has 0 radical (unpaired) electrons. The third-order valence-electron chi connectivity index (χ3n) is 6.72. The summed E-state index contributed by atoms with van der Waals surface area (Å²) in [5, 5.41) is 6.61. The molecule has 0 N–H and O–H groups in total. The number of unbranched alkanes of at least 4 members (excludes halogenated alkanes) is 4. The number of anilines is 1. The third kappa shape index (κ3) is 7.73. The molecule has 0 amide bonds. The smallest absolute Gasteiger partial charge is 0.243 e. The average Bonchev–Trinajstić information content (AvgIpc) is 3.65. The van der Waals surface area contributed by atoms with Crippen LogP contribution in [0.4, 0.5) is 5.69 Å². The maximum atomic E-state index is 4.68. The zero-order valence-corrected chi connectivity index (χ0v) is 21.8. The van der Waals surface area contributed by atoms with Crippen molar-refractivity contribution in [3.05, 3.63) is 80.2 Å². The summed E-state index contributed by atoms with van der Waals surface area (Å²) < 4.78 is 6.78. The number of hydrazone groups is 1. The highest BCUT2D eigenvalue weighted by Crippen LogP contribution is 2.16. The fraction of sp³-hybridized carbons (Fsp3) is 0.464. The lowest BCUT2D eigenvalue weighted by Gasteiger charge is -2.27. The molecule has 8 heteroatoms. The highest BCUT2D eigenvalue weighted by molar-refractivity contribution is 5.66. The van der Waals surface area contributed by atoms with Crippen molar-refractivity contribution in [2.24, 2.45) is 5.10 Å².